The van der Waals surface area contributed by atoms with Crippen molar-refractivity contribution < 1.29 is 9.90 Å². The molecule has 1 rings (SSSR count). The zero-order valence-electron chi connectivity index (χ0n) is 9.98. The maximum atomic E-state index is 11.7. The molecule has 0 aliphatic carbocycles. The highest BCUT2D eigenvalue weighted by atomic mass is 16.3. The number of carbonyl (C=O) groups excluding carboxylic acids is 1. The molecule has 1 heterocycles. The van der Waals surface area contributed by atoms with Gasteiger partial charge < -0.3 is 5.11 Å². The van der Waals surface area contributed by atoms with E-state index in [4.69, 9.17) is 5.84 Å². The van der Waals surface area contributed by atoms with E-state index in [0.29, 0.717) is 0 Å². The van der Waals surface area contributed by atoms with Crippen molar-refractivity contribution in [3.63, 3.8) is 0 Å². The molecule has 94 valence electrons. The molecule has 5 heteroatoms. The molecule has 1 aliphatic heterocycles. The lowest BCUT2D eigenvalue weighted by atomic mass is 10.1. The van der Waals surface area contributed by atoms with E-state index in [2.05, 4.69) is 10.3 Å². The fraction of sp³-hybridized carbons (Fsp3) is 0.909. The highest BCUT2D eigenvalue weighted by Crippen LogP contribution is 2.20. The van der Waals surface area contributed by atoms with Crippen LogP contribution >= 0.6 is 0 Å². The second kappa shape index (κ2) is 6.83. The van der Waals surface area contributed by atoms with Crippen molar-refractivity contribution in [1.29, 1.82) is 0 Å². The summed E-state index contributed by atoms with van der Waals surface area (Å²) >= 11 is 0. The summed E-state index contributed by atoms with van der Waals surface area (Å²) in [6.07, 6.45) is 5.07. The number of nitrogens with one attached hydrogen (secondary N) is 1. The van der Waals surface area contributed by atoms with E-state index in [1.54, 1.807) is 0 Å². The van der Waals surface area contributed by atoms with Gasteiger partial charge in [0.05, 0.1) is 12.6 Å². The van der Waals surface area contributed by atoms with Crippen molar-refractivity contribution in [2.45, 2.75) is 51.1 Å². The molecule has 0 aromatic heterocycles. The molecule has 0 bridgehead atoms. The lowest BCUT2D eigenvalue weighted by Crippen LogP contribution is -2.53. The van der Waals surface area contributed by atoms with Gasteiger partial charge in [0.25, 0.3) is 5.91 Å². The first-order valence-electron chi connectivity index (χ1n) is 6.11. The second-order valence-corrected chi connectivity index (χ2v) is 4.36. The largest absolute Gasteiger partial charge is 0.395 e. The zero-order valence-corrected chi connectivity index (χ0v) is 9.98. The molecule has 0 radical (unpaired) electrons. The maximum absolute atomic E-state index is 11.7. The Balaban J connectivity index is 2.73. The van der Waals surface area contributed by atoms with Crippen molar-refractivity contribution in [2.24, 2.45) is 5.84 Å². The highest BCUT2D eigenvalue weighted by Gasteiger charge is 2.30. The van der Waals surface area contributed by atoms with Gasteiger partial charge in [0.2, 0.25) is 0 Å². The van der Waals surface area contributed by atoms with E-state index < -0.39 is 0 Å². The van der Waals surface area contributed by atoms with E-state index >= 15 is 0 Å². The van der Waals surface area contributed by atoms with Gasteiger partial charge in [-0.15, -0.1) is 0 Å². The molecule has 0 aromatic rings. The van der Waals surface area contributed by atoms with Crippen LogP contribution in [0.2, 0.25) is 0 Å². The van der Waals surface area contributed by atoms with Gasteiger partial charge in [0, 0.05) is 6.04 Å². The van der Waals surface area contributed by atoms with Gasteiger partial charge >= 0.3 is 0 Å². The summed E-state index contributed by atoms with van der Waals surface area (Å²) in [6, 6.07) is -0.106. The minimum atomic E-state index is -0.208. The lowest BCUT2D eigenvalue weighted by molar-refractivity contribution is -0.128. The molecule has 1 aliphatic rings. The van der Waals surface area contributed by atoms with Crippen LogP contribution in [0.25, 0.3) is 0 Å². The summed E-state index contributed by atoms with van der Waals surface area (Å²) in [5.74, 6) is 5.04. The summed E-state index contributed by atoms with van der Waals surface area (Å²) in [5, 5.41) is 9.38. The molecule has 16 heavy (non-hydrogen) atoms. The van der Waals surface area contributed by atoms with Crippen LogP contribution in [0.4, 0.5) is 0 Å². The summed E-state index contributed by atoms with van der Waals surface area (Å²) in [5.41, 5.74) is 2.22. The third-order valence-electron chi connectivity index (χ3n) is 3.37. The molecule has 1 saturated heterocycles. The van der Waals surface area contributed by atoms with E-state index in [1.807, 2.05) is 6.92 Å². The number of nitrogens with zero attached hydrogens (tertiary/aromatic N) is 1. The number of nitrogens with two attached hydrogens (primary N) is 1. The van der Waals surface area contributed by atoms with E-state index in [9.17, 15) is 9.90 Å². The Kier molecular flexibility index (Phi) is 5.73. The van der Waals surface area contributed by atoms with Gasteiger partial charge in [-0.3, -0.25) is 15.1 Å². The number of aliphatic hydroxyl groups excluding tert-OH is 1. The summed E-state index contributed by atoms with van der Waals surface area (Å²) in [4.78, 5) is 13.8. The molecular formula is C11H23N3O2. The number of aliphatic hydroxyl groups is 1. The lowest BCUT2D eigenvalue weighted by Gasteiger charge is -2.34. The minimum Gasteiger partial charge on any atom is -0.395 e. The monoisotopic (exact) mass is 229 g/mol. The number of rotatable bonds is 4. The maximum Gasteiger partial charge on any atom is 0.251 e. The number of hydrogen-bond donors (Lipinski definition) is 3. The first-order chi connectivity index (χ1) is 7.74. The molecule has 1 fully saturated rings. The van der Waals surface area contributed by atoms with E-state index in [-0.39, 0.29) is 24.6 Å². The van der Waals surface area contributed by atoms with Crippen molar-refractivity contribution in [3.05, 3.63) is 0 Å². The van der Waals surface area contributed by atoms with Crippen LogP contribution < -0.4 is 11.3 Å². The smallest absolute Gasteiger partial charge is 0.251 e. The van der Waals surface area contributed by atoms with Crippen LogP contribution in [0.5, 0.6) is 0 Å². The standard InChI is InChI=1S/C11H23N3O2/c1-2-10(11(16)13-12)14-7-5-3-4-6-9(14)8-15/h9-10,15H,2-8,12H2,1H3,(H,13,16). The predicted molar refractivity (Wildman–Crippen MR) is 62.5 cm³/mol. The van der Waals surface area contributed by atoms with Crippen molar-refractivity contribution in [2.75, 3.05) is 13.2 Å². The fourth-order valence-electron chi connectivity index (χ4n) is 2.47. The topological polar surface area (TPSA) is 78.6 Å². The van der Waals surface area contributed by atoms with Gasteiger partial charge in [-0.25, -0.2) is 5.84 Å². The van der Waals surface area contributed by atoms with Crippen LogP contribution in [-0.4, -0.2) is 41.1 Å². The van der Waals surface area contributed by atoms with Crippen LogP contribution in [0, 0.1) is 0 Å². The minimum absolute atomic E-state index is 0.102. The quantitative estimate of drug-likeness (QED) is 0.360. The van der Waals surface area contributed by atoms with E-state index in [0.717, 1.165) is 32.2 Å². The first-order valence-corrected chi connectivity index (χ1v) is 6.11. The van der Waals surface area contributed by atoms with Gasteiger partial charge in [0.1, 0.15) is 0 Å². The number of likely N-dealkylation sites (tertiary alicyclic amines) is 1. The van der Waals surface area contributed by atoms with Crippen molar-refractivity contribution in [1.82, 2.24) is 10.3 Å². The average molecular weight is 229 g/mol. The highest BCUT2D eigenvalue weighted by molar-refractivity contribution is 5.81. The Bertz CT molecular complexity index is 223. The number of carbonyl (C=O) groups is 1. The average Bonchev–Trinajstić information content (AvgIpc) is 2.55. The first kappa shape index (κ1) is 13.4. The number of amides is 1. The SMILES string of the molecule is CCC(C(=O)NN)N1CCCCCC1CO. The van der Waals surface area contributed by atoms with Gasteiger partial charge in [-0.05, 0) is 25.8 Å². The van der Waals surface area contributed by atoms with Gasteiger partial charge in [-0.1, -0.05) is 19.8 Å². The van der Waals surface area contributed by atoms with Gasteiger partial charge in [0.15, 0.2) is 0 Å². The Hall–Kier alpha value is -0.650. The van der Waals surface area contributed by atoms with Crippen LogP contribution in [0.15, 0.2) is 0 Å². The molecule has 1 amide bonds. The Morgan fingerprint density at radius 2 is 2.31 bits per heavy atom. The summed E-state index contributed by atoms with van der Waals surface area (Å²) < 4.78 is 0. The summed E-state index contributed by atoms with van der Waals surface area (Å²) in [6.45, 7) is 2.96. The van der Waals surface area contributed by atoms with Crippen LogP contribution in [-0.2, 0) is 4.79 Å². The third-order valence-corrected chi connectivity index (χ3v) is 3.37. The second-order valence-electron chi connectivity index (χ2n) is 4.36. The molecule has 0 aromatic carbocycles. The molecular weight excluding hydrogens is 206 g/mol. The fourth-order valence-corrected chi connectivity index (χ4v) is 2.47. The third kappa shape index (κ3) is 3.17. The van der Waals surface area contributed by atoms with Gasteiger partial charge in [-0.2, -0.15) is 0 Å². The normalized spacial score (nSPS) is 24.8. The molecule has 2 atom stereocenters. The van der Waals surface area contributed by atoms with Crippen molar-refractivity contribution >= 4 is 5.91 Å². The van der Waals surface area contributed by atoms with Crippen molar-refractivity contribution in [3.8, 4) is 0 Å². The summed E-state index contributed by atoms with van der Waals surface area (Å²) in [7, 11) is 0. The van der Waals surface area contributed by atoms with Crippen LogP contribution in [0.3, 0.4) is 0 Å². The number of hydrazine groups is 1. The van der Waals surface area contributed by atoms with E-state index in [1.165, 1.54) is 6.42 Å². The van der Waals surface area contributed by atoms with Crippen LogP contribution in [0.1, 0.15) is 39.0 Å². The predicted octanol–water partition coefficient (Wildman–Crippen LogP) is -0.00820. The molecule has 0 spiro atoms. The molecule has 4 N–H and O–H groups in total. The molecule has 0 saturated carbocycles. The Morgan fingerprint density at radius 1 is 1.56 bits per heavy atom. The molecule has 5 nitrogen and oxygen atoms in total. The molecule has 2 unspecified atom stereocenters. The Morgan fingerprint density at radius 3 is 2.88 bits per heavy atom. The number of hydrogen-bond acceptors (Lipinski definition) is 4. The Labute approximate surface area is 97.0 Å². The zero-order chi connectivity index (χ0) is 12.0.